The molecule has 0 spiro atoms. The molecule has 1 aromatic carbocycles. The maximum atomic E-state index is 8.85. The molecule has 3 aromatic rings. The zero-order valence-corrected chi connectivity index (χ0v) is 14.2. The number of nitrogens with zero attached hydrogens (tertiary/aromatic N) is 4. The van der Waals surface area contributed by atoms with Gasteiger partial charge in [0.25, 0.3) is 0 Å². The van der Waals surface area contributed by atoms with Crippen molar-refractivity contribution in [1.29, 1.82) is 5.26 Å². The fourth-order valence-electron chi connectivity index (χ4n) is 3.38. The monoisotopic (exact) mass is 331 g/mol. The Morgan fingerprint density at radius 1 is 1.08 bits per heavy atom. The average Bonchev–Trinajstić information content (AvgIpc) is 3.02. The Morgan fingerprint density at radius 2 is 1.88 bits per heavy atom. The number of pyridine rings is 1. The van der Waals surface area contributed by atoms with E-state index in [-0.39, 0.29) is 0 Å². The molecule has 1 saturated heterocycles. The van der Waals surface area contributed by atoms with E-state index in [9.17, 15) is 0 Å². The summed E-state index contributed by atoms with van der Waals surface area (Å²) in [7, 11) is 0. The summed E-state index contributed by atoms with van der Waals surface area (Å²) in [6.07, 6.45) is 2.53. The molecular weight excluding hydrogens is 310 g/mol. The highest BCUT2D eigenvalue weighted by Gasteiger charge is 2.18. The predicted molar refractivity (Wildman–Crippen MR) is 98.1 cm³/mol. The van der Waals surface area contributed by atoms with E-state index >= 15 is 0 Å². The lowest BCUT2D eigenvalue weighted by Gasteiger charge is -2.27. The van der Waals surface area contributed by atoms with Crippen LogP contribution in [0.5, 0.6) is 0 Å². The van der Waals surface area contributed by atoms with E-state index in [1.165, 1.54) is 5.69 Å². The van der Waals surface area contributed by atoms with Gasteiger partial charge in [-0.2, -0.15) is 5.26 Å². The summed E-state index contributed by atoms with van der Waals surface area (Å²) in [5.74, 6) is 0. The SMILES string of the molecule is N#CCc1ccc(-c2nc3ccccn3c2CN2CCNCC2)cc1. The predicted octanol–water partition coefficient (Wildman–Crippen LogP) is 2.47. The topological polar surface area (TPSA) is 56.4 Å². The van der Waals surface area contributed by atoms with Crippen molar-refractivity contribution in [2.75, 3.05) is 26.2 Å². The Bertz CT molecular complexity index is 898. The smallest absolute Gasteiger partial charge is 0.137 e. The summed E-state index contributed by atoms with van der Waals surface area (Å²) in [5.41, 5.74) is 5.39. The van der Waals surface area contributed by atoms with Crippen LogP contribution in [0.1, 0.15) is 11.3 Å². The molecule has 0 unspecified atom stereocenters. The van der Waals surface area contributed by atoms with Crippen LogP contribution < -0.4 is 5.32 Å². The van der Waals surface area contributed by atoms with Gasteiger partial charge in [-0.25, -0.2) is 4.98 Å². The van der Waals surface area contributed by atoms with Gasteiger partial charge >= 0.3 is 0 Å². The number of imidazole rings is 1. The first-order valence-corrected chi connectivity index (χ1v) is 8.70. The second-order valence-corrected chi connectivity index (χ2v) is 6.39. The van der Waals surface area contributed by atoms with Gasteiger partial charge in [0.15, 0.2) is 0 Å². The molecule has 5 nitrogen and oxygen atoms in total. The van der Waals surface area contributed by atoms with Gasteiger partial charge in [0.2, 0.25) is 0 Å². The van der Waals surface area contributed by atoms with Gasteiger partial charge in [0.1, 0.15) is 5.65 Å². The second-order valence-electron chi connectivity index (χ2n) is 6.39. The first-order valence-electron chi connectivity index (χ1n) is 8.70. The van der Waals surface area contributed by atoms with E-state index in [0.29, 0.717) is 6.42 Å². The van der Waals surface area contributed by atoms with Gasteiger partial charge in [-0.05, 0) is 17.7 Å². The van der Waals surface area contributed by atoms with Crippen molar-refractivity contribution in [2.45, 2.75) is 13.0 Å². The zero-order chi connectivity index (χ0) is 17.1. The summed E-state index contributed by atoms with van der Waals surface area (Å²) in [6, 6.07) is 16.5. The fourth-order valence-corrected chi connectivity index (χ4v) is 3.38. The van der Waals surface area contributed by atoms with Crippen molar-refractivity contribution in [3.63, 3.8) is 0 Å². The highest BCUT2D eigenvalue weighted by Crippen LogP contribution is 2.26. The Morgan fingerprint density at radius 3 is 2.64 bits per heavy atom. The molecule has 0 saturated carbocycles. The fraction of sp³-hybridized carbons (Fsp3) is 0.300. The number of piperazine rings is 1. The number of fused-ring (bicyclic) bond motifs is 1. The minimum atomic E-state index is 0.444. The Balaban J connectivity index is 1.74. The van der Waals surface area contributed by atoms with Crippen molar-refractivity contribution in [1.82, 2.24) is 19.6 Å². The molecule has 25 heavy (non-hydrogen) atoms. The van der Waals surface area contributed by atoms with Crippen molar-refractivity contribution >= 4 is 5.65 Å². The lowest BCUT2D eigenvalue weighted by molar-refractivity contribution is 0.230. The molecule has 0 radical (unpaired) electrons. The molecule has 1 aliphatic heterocycles. The van der Waals surface area contributed by atoms with Crippen molar-refractivity contribution in [2.24, 2.45) is 0 Å². The first-order chi connectivity index (χ1) is 12.3. The molecule has 3 heterocycles. The van der Waals surface area contributed by atoms with E-state index in [1.807, 2.05) is 18.2 Å². The standard InChI is InChI=1S/C20H21N5/c21-9-8-16-4-6-17(7-5-16)20-18(15-24-13-10-22-11-14-24)25-12-2-1-3-19(25)23-20/h1-7,12,22H,8,10-11,13-15H2. The van der Waals surface area contributed by atoms with Crippen LogP contribution in [0.4, 0.5) is 0 Å². The van der Waals surface area contributed by atoms with Gasteiger partial charge in [-0.15, -0.1) is 0 Å². The minimum absolute atomic E-state index is 0.444. The lowest BCUT2D eigenvalue weighted by atomic mass is 10.1. The van der Waals surface area contributed by atoms with E-state index in [4.69, 9.17) is 10.2 Å². The number of benzene rings is 1. The molecule has 1 aliphatic rings. The summed E-state index contributed by atoms with van der Waals surface area (Å²) >= 11 is 0. The molecular formula is C20H21N5. The summed E-state index contributed by atoms with van der Waals surface area (Å²) in [4.78, 5) is 7.35. The molecule has 0 aliphatic carbocycles. The largest absolute Gasteiger partial charge is 0.314 e. The summed E-state index contributed by atoms with van der Waals surface area (Å²) in [6.45, 7) is 5.08. The van der Waals surface area contributed by atoms with Gasteiger partial charge in [0, 0.05) is 44.5 Å². The molecule has 1 N–H and O–H groups in total. The van der Waals surface area contributed by atoms with E-state index < -0.39 is 0 Å². The van der Waals surface area contributed by atoms with Crippen LogP contribution in [-0.2, 0) is 13.0 Å². The van der Waals surface area contributed by atoms with Crippen molar-refractivity contribution in [3.05, 3.63) is 59.9 Å². The number of hydrogen-bond donors (Lipinski definition) is 1. The first kappa shape index (κ1) is 15.8. The molecule has 0 bridgehead atoms. The molecule has 0 amide bonds. The van der Waals surface area contributed by atoms with Gasteiger partial charge in [-0.3, -0.25) is 4.90 Å². The number of rotatable bonds is 4. The Hall–Kier alpha value is -2.68. The molecule has 1 fully saturated rings. The zero-order valence-electron chi connectivity index (χ0n) is 14.2. The van der Waals surface area contributed by atoms with E-state index in [0.717, 1.165) is 55.2 Å². The highest BCUT2D eigenvalue weighted by atomic mass is 15.2. The maximum absolute atomic E-state index is 8.85. The summed E-state index contributed by atoms with van der Waals surface area (Å²) < 4.78 is 2.19. The van der Waals surface area contributed by atoms with Crippen LogP contribution in [0.3, 0.4) is 0 Å². The van der Waals surface area contributed by atoms with Crippen molar-refractivity contribution in [3.8, 4) is 17.3 Å². The molecule has 0 atom stereocenters. The molecule has 2 aromatic heterocycles. The lowest BCUT2D eigenvalue weighted by Crippen LogP contribution is -2.43. The Labute approximate surface area is 147 Å². The summed E-state index contributed by atoms with van der Waals surface area (Å²) in [5, 5.41) is 12.3. The molecule has 126 valence electrons. The second kappa shape index (κ2) is 7.06. The van der Waals surface area contributed by atoms with Crippen LogP contribution >= 0.6 is 0 Å². The third-order valence-electron chi connectivity index (χ3n) is 4.72. The van der Waals surface area contributed by atoms with Crippen LogP contribution in [0.25, 0.3) is 16.9 Å². The van der Waals surface area contributed by atoms with Crippen molar-refractivity contribution < 1.29 is 0 Å². The molecule has 5 heteroatoms. The Kier molecular flexibility index (Phi) is 4.47. The number of aromatic nitrogens is 2. The number of hydrogen-bond acceptors (Lipinski definition) is 4. The quantitative estimate of drug-likeness (QED) is 0.798. The van der Waals surface area contributed by atoms with Crippen LogP contribution in [-0.4, -0.2) is 40.5 Å². The van der Waals surface area contributed by atoms with Crippen LogP contribution in [0, 0.1) is 11.3 Å². The van der Waals surface area contributed by atoms with E-state index in [1.54, 1.807) is 0 Å². The maximum Gasteiger partial charge on any atom is 0.137 e. The third kappa shape index (κ3) is 3.27. The highest BCUT2D eigenvalue weighted by molar-refractivity contribution is 5.67. The van der Waals surface area contributed by atoms with Crippen LogP contribution in [0.2, 0.25) is 0 Å². The third-order valence-corrected chi connectivity index (χ3v) is 4.72. The number of nitrogens with one attached hydrogen (secondary N) is 1. The van der Waals surface area contributed by atoms with Gasteiger partial charge in [-0.1, -0.05) is 30.3 Å². The van der Waals surface area contributed by atoms with Crippen LogP contribution in [0.15, 0.2) is 48.7 Å². The minimum Gasteiger partial charge on any atom is -0.314 e. The average molecular weight is 331 g/mol. The van der Waals surface area contributed by atoms with Gasteiger partial charge in [0.05, 0.1) is 23.9 Å². The van der Waals surface area contributed by atoms with Gasteiger partial charge < -0.3 is 9.72 Å². The molecule has 4 rings (SSSR count). The van der Waals surface area contributed by atoms with E-state index in [2.05, 4.69) is 51.1 Å². The normalized spacial score (nSPS) is 15.3. The number of nitriles is 1.